The number of carbonyl (C=O) groups is 2. The normalized spacial score (nSPS) is 17.8. The van der Waals surface area contributed by atoms with Crippen molar-refractivity contribution in [3.05, 3.63) is 53.7 Å². The highest BCUT2D eigenvalue weighted by Gasteiger charge is 2.44. The van der Waals surface area contributed by atoms with Crippen LogP contribution < -0.4 is 4.90 Å². The Morgan fingerprint density at radius 1 is 1.11 bits per heavy atom. The minimum atomic E-state index is -3.19. The standard InChI is InChI=1S/C32H39N7O4S2/c1-5-36(6-2)21(3)9-10-28(40)22-16-26(24-18-33-39-14-11-25(35-31(24)39)29-8-7-15-44-29)34-30(17-22)38-13-12-27(38)32(41)37-19-23(20-37)45(4,42)43/h7-8,11,14-18,21,23,27H,5-6,9-10,12-13,19-20H2,1-4H3/t21-,27-/m0/s1. The molecule has 0 radical (unpaired) electrons. The molecule has 0 unspecified atom stereocenters. The fraction of sp³-hybridized carbons (Fsp3) is 0.469. The minimum Gasteiger partial charge on any atom is -0.344 e. The van der Waals surface area contributed by atoms with Gasteiger partial charge in [0.15, 0.2) is 21.3 Å². The van der Waals surface area contributed by atoms with Gasteiger partial charge in [-0.25, -0.2) is 22.9 Å². The molecule has 13 heteroatoms. The SMILES string of the molecule is CCN(CC)[C@@H](C)CCC(=O)c1cc(-c2cnn3ccc(-c4cccs4)nc23)nc(N2CC[C@H]2C(=O)N2CC(S(C)(=O)=O)C2)c1. The lowest BCUT2D eigenvalue weighted by molar-refractivity contribution is -0.137. The molecule has 2 aliphatic rings. The summed E-state index contributed by atoms with van der Waals surface area (Å²) in [5, 5.41) is 6.01. The van der Waals surface area contributed by atoms with Gasteiger partial charge in [-0.3, -0.25) is 9.59 Å². The van der Waals surface area contributed by atoms with Crippen LogP contribution >= 0.6 is 11.3 Å². The van der Waals surface area contributed by atoms with E-state index in [9.17, 15) is 18.0 Å². The highest BCUT2D eigenvalue weighted by molar-refractivity contribution is 7.91. The van der Waals surface area contributed by atoms with Gasteiger partial charge >= 0.3 is 0 Å². The summed E-state index contributed by atoms with van der Waals surface area (Å²) in [6, 6.07) is 9.35. The third-order valence-electron chi connectivity index (χ3n) is 9.14. The van der Waals surface area contributed by atoms with Crippen LogP contribution in [-0.4, -0.2) is 106 Å². The molecule has 4 aromatic rings. The molecule has 0 aromatic carbocycles. The molecule has 0 bridgehead atoms. The van der Waals surface area contributed by atoms with Gasteiger partial charge in [-0.15, -0.1) is 11.3 Å². The number of hydrogen-bond acceptors (Lipinski definition) is 10. The van der Waals surface area contributed by atoms with Crippen molar-refractivity contribution in [2.24, 2.45) is 0 Å². The van der Waals surface area contributed by atoms with Crippen molar-refractivity contribution in [2.45, 2.75) is 57.4 Å². The van der Waals surface area contributed by atoms with Crippen LogP contribution in [0.3, 0.4) is 0 Å². The molecule has 6 rings (SSSR count). The molecule has 4 aromatic heterocycles. The van der Waals surface area contributed by atoms with Gasteiger partial charge in [-0.2, -0.15) is 5.10 Å². The van der Waals surface area contributed by atoms with Gasteiger partial charge in [0.05, 0.1) is 33.3 Å². The molecule has 6 heterocycles. The van der Waals surface area contributed by atoms with Crippen LogP contribution in [0.4, 0.5) is 5.82 Å². The zero-order valence-electron chi connectivity index (χ0n) is 26.1. The Morgan fingerprint density at radius 3 is 2.53 bits per heavy atom. The second-order valence-electron chi connectivity index (χ2n) is 11.9. The number of rotatable bonds is 12. The van der Waals surface area contributed by atoms with Gasteiger partial charge in [0.2, 0.25) is 5.91 Å². The van der Waals surface area contributed by atoms with Crippen molar-refractivity contribution in [2.75, 3.05) is 43.9 Å². The average molecular weight is 650 g/mol. The van der Waals surface area contributed by atoms with Crippen LogP contribution in [0.5, 0.6) is 0 Å². The van der Waals surface area contributed by atoms with Crippen LogP contribution in [0.25, 0.3) is 27.5 Å². The number of sulfone groups is 1. The Labute approximate surface area is 267 Å². The first-order valence-corrected chi connectivity index (χ1v) is 18.3. The Morgan fingerprint density at radius 2 is 1.89 bits per heavy atom. The highest BCUT2D eigenvalue weighted by Crippen LogP contribution is 2.33. The number of Topliss-reactive ketones (excluding diaryl/α,β-unsaturated/α-hetero) is 1. The quantitative estimate of drug-likeness (QED) is 0.209. The second-order valence-corrected chi connectivity index (χ2v) is 15.2. The number of anilines is 1. The summed E-state index contributed by atoms with van der Waals surface area (Å²) in [5.74, 6) is 0.462. The fourth-order valence-corrected chi connectivity index (χ4v) is 7.70. The topological polar surface area (TPSA) is 121 Å². The minimum absolute atomic E-state index is 0.0183. The molecule has 45 heavy (non-hydrogen) atoms. The van der Waals surface area contributed by atoms with E-state index in [4.69, 9.17) is 9.97 Å². The van der Waals surface area contributed by atoms with Crippen LogP contribution in [0.1, 0.15) is 50.4 Å². The number of fused-ring (bicyclic) bond motifs is 1. The Kier molecular flexibility index (Phi) is 8.77. The van der Waals surface area contributed by atoms with Gasteiger partial charge in [-0.1, -0.05) is 19.9 Å². The molecule has 0 spiro atoms. The second kappa shape index (κ2) is 12.6. The highest BCUT2D eigenvalue weighted by atomic mass is 32.2. The summed E-state index contributed by atoms with van der Waals surface area (Å²) in [4.78, 5) is 43.9. The smallest absolute Gasteiger partial charge is 0.245 e. The number of aromatic nitrogens is 4. The van der Waals surface area contributed by atoms with Gasteiger partial charge in [0.25, 0.3) is 0 Å². The number of thiophene rings is 1. The maximum absolute atomic E-state index is 13.7. The first-order valence-electron chi connectivity index (χ1n) is 15.5. The molecular formula is C32H39N7O4S2. The lowest BCUT2D eigenvalue weighted by Gasteiger charge is -2.47. The van der Waals surface area contributed by atoms with Crippen LogP contribution in [0, 0.1) is 0 Å². The van der Waals surface area contributed by atoms with E-state index >= 15 is 0 Å². The van der Waals surface area contributed by atoms with Crippen LogP contribution in [0.15, 0.2) is 48.1 Å². The number of carbonyl (C=O) groups excluding carboxylic acids is 2. The van der Waals surface area contributed by atoms with E-state index in [0.29, 0.717) is 47.7 Å². The van der Waals surface area contributed by atoms with Gasteiger partial charge in [0.1, 0.15) is 11.9 Å². The van der Waals surface area contributed by atoms with Crippen molar-refractivity contribution >= 4 is 44.3 Å². The van der Waals surface area contributed by atoms with Crippen molar-refractivity contribution < 1.29 is 18.0 Å². The Hall–Kier alpha value is -3.68. The number of pyridine rings is 1. The Balaban J connectivity index is 1.33. The Bertz CT molecular complexity index is 1810. The van der Waals surface area contributed by atoms with E-state index < -0.39 is 21.1 Å². The molecule has 0 aliphatic carbocycles. The molecule has 2 aliphatic heterocycles. The molecule has 2 atom stereocenters. The number of amides is 1. The molecule has 0 saturated carbocycles. The molecular weight excluding hydrogens is 611 g/mol. The largest absolute Gasteiger partial charge is 0.344 e. The van der Waals surface area contributed by atoms with E-state index in [-0.39, 0.29) is 30.8 Å². The summed E-state index contributed by atoms with van der Waals surface area (Å²) in [6.07, 6.45) is 6.55. The zero-order chi connectivity index (χ0) is 31.9. The molecule has 1 amide bonds. The van der Waals surface area contributed by atoms with Gasteiger partial charge in [0, 0.05) is 50.1 Å². The van der Waals surface area contributed by atoms with Crippen molar-refractivity contribution in [1.82, 2.24) is 29.4 Å². The fourth-order valence-electron chi connectivity index (χ4n) is 6.10. The predicted molar refractivity (Wildman–Crippen MR) is 176 cm³/mol. The van der Waals surface area contributed by atoms with E-state index in [1.807, 2.05) is 40.7 Å². The number of nitrogens with zero attached hydrogens (tertiary/aromatic N) is 7. The summed E-state index contributed by atoms with van der Waals surface area (Å²) < 4.78 is 25.5. The molecule has 2 saturated heterocycles. The van der Waals surface area contributed by atoms with Gasteiger partial charge in [-0.05, 0) is 62.5 Å². The maximum atomic E-state index is 13.7. The monoisotopic (exact) mass is 649 g/mol. The predicted octanol–water partition coefficient (Wildman–Crippen LogP) is 4.05. The molecule has 238 valence electrons. The lowest BCUT2D eigenvalue weighted by Crippen LogP contribution is -2.64. The van der Waals surface area contributed by atoms with Crippen molar-refractivity contribution in [1.29, 1.82) is 0 Å². The number of hydrogen-bond donors (Lipinski definition) is 0. The molecule has 11 nitrogen and oxygen atoms in total. The van der Waals surface area contributed by atoms with E-state index in [0.717, 1.165) is 30.1 Å². The summed E-state index contributed by atoms with van der Waals surface area (Å²) in [7, 11) is -3.19. The zero-order valence-corrected chi connectivity index (χ0v) is 27.7. The van der Waals surface area contributed by atoms with E-state index in [1.54, 1.807) is 33.0 Å². The first kappa shape index (κ1) is 31.3. The molecule has 2 fully saturated rings. The van der Waals surface area contributed by atoms with E-state index in [2.05, 4.69) is 30.8 Å². The number of ketones is 1. The van der Waals surface area contributed by atoms with Crippen LogP contribution in [-0.2, 0) is 14.6 Å². The molecule has 0 N–H and O–H groups in total. The maximum Gasteiger partial charge on any atom is 0.245 e. The van der Waals surface area contributed by atoms with Crippen molar-refractivity contribution in [3.63, 3.8) is 0 Å². The van der Waals surface area contributed by atoms with Crippen molar-refractivity contribution in [3.8, 4) is 21.8 Å². The van der Waals surface area contributed by atoms with Gasteiger partial charge < -0.3 is 14.7 Å². The summed E-state index contributed by atoms with van der Waals surface area (Å²) in [6.45, 7) is 9.30. The lowest BCUT2D eigenvalue weighted by atomic mass is 9.98. The third-order valence-corrected chi connectivity index (χ3v) is 11.5. The van der Waals surface area contributed by atoms with E-state index in [1.165, 1.54) is 6.26 Å². The number of likely N-dealkylation sites (tertiary alicyclic amines) is 1. The van der Waals surface area contributed by atoms with Crippen LogP contribution in [0.2, 0.25) is 0 Å². The first-order chi connectivity index (χ1) is 21.6. The summed E-state index contributed by atoms with van der Waals surface area (Å²) in [5.41, 5.74) is 3.26. The third kappa shape index (κ3) is 6.25. The average Bonchev–Trinajstić information content (AvgIpc) is 3.64. The summed E-state index contributed by atoms with van der Waals surface area (Å²) >= 11 is 1.61.